The average Bonchev–Trinajstić information content (AvgIpc) is 3.29. The maximum Gasteiger partial charge on any atom is 0.230 e. The molecule has 1 aliphatic carbocycles. The fourth-order valence-electron chi connectivity index (χ4n) is 4.65. The number of hydrogen-bond acceptors (Lipinski definition) is 5. The third-order valence-electron chi connectivity index (χ3n) is 5.86. The summed E-state index contributed by atoms with van der Waals surface area (Å²) < 4.78 is 11.5. The number of nitrogens with zero attached hydrogens (tertiary/aromatic N) is 2. The van der Waals surface area contributed by atoms with Crippen molar-refractivity contribution in [3.05, 3.63) is 46.3 Å². The fourth-order valence-corrected chi connectivity index (χ4v) is 4.92. The number of amides is 1. The number of carbonyl (C=O) groups excluding carboxylic acids is 1. The minimum absolute atomic E-state index is 0.0219. The van der Waals surface area contributed by atoms with Crippen LogP contribution in [-0.2, 0) is 9.53 Å². The van der Waals surface area contributed by atoms with Gasteiger partial charge in [0.05, 0.1) is 42.1 Å². The van der Waals surface area contributed by atoms with Gasteiger partial charge in [0.2, 0.25) is 11.8 Å². The highest BCUT2D eigenvalue weighted by atomic mass is 35.5. The number of halogens is 2. The first kappa shape index (κ1) is 17.2. The number of anilines is 1. The van der Waals surface area contributed by atoms with Crippen molar-refractivity contribution in [2.24, 2.45) is 17.8 Å². The van der Waals surface area contributed by atoms with Crippen LogP contribution in [0, 0.1) is 17.8 Å². The van der Waals surface area contributed by atoms with E-state index in [0.29, 0.717) is 28.4 Å². The Morgan fingerprint density at radius 3 is 2.85 bits per heavy atom. The van der Waals surface area contributed by atoms with Crippen LogP contribution in [-0.4, -0.2) is 35.2 Å². The molecule has 6 unspecified atom stereocenters. The van der Waals surface area contributed by atoms with Gasteiger partial charge in [-0.05, 0) is 36.0 Å². The summed E-state index contributed by atoms with van der Waals surface area (Å²) in [6.07, 6.45) is 4.36. The van der Waals surface area contributed by atoms with Crippen molar-refractivity contribution in [1.29, 1.82) is 0 Å². The fraction of sp³-hybridized carbons (Fsp3) is 0.421. The molecule has 1 N–H and O–H groups in total. The molecule has 1 amide bonds. The van der Waals surface area contributed by atoms with Crippen molar-refractivity contribution in [2.75, 3.05) is 12.4 Å². The molecule has 8 heteroatoms. The Hall–Kier alpha value is -1.89. The Balaban J connectivity index is 1.45. The molecule has 4 heterocycles. The Labute approximate surface area is 166 Å². The second-order valence-electron chi connectivity index (χ2n) is 7.30. The van der Waals surface area contributed by atoms with Gasteiger partial charge in [0.1, 0.15) is 5.15 Å². The van der Waals surface area contributed by atoms with E-state index in [2.05, 4.69) is 15.3 Å². The van der Waals surface area contributed by atoms with Gasteiger partial charge in [-0.3, -0.25) is 4.79 Å². The van der Waals surface area contributed by atoms with Crippen LogP contribution in [0.15, 0.2) is 30.6 Å². The van der Waals surface area contributed by atoms with E-state index in [0.717, 1.165) is 12.0 Å². The molecule has 2 aromatic heterocycles. The van der Waals surface area contributed by atoms with Gasteiger partial charge < -0.3 is 14.8 Å². The highest BCUT2D eigenvalue weighted by molar-refractivity contribution is 6.41. The van der Waals surface area contributed by atoms with Crippen LogP contribution in [0.25, 0.3) is 0 Å². The van der Waals surface area contributed by atoms with Crippen LogP contribution in [0.2, 0.25) is 10.2 Å². The lowest BCUT2D eigenvalue weighted by Crippen LogP contribution is -2.37. The Morgan fingerprint density at radius 2 is 2.07 bits per heavy atom. The largest absolute Gasteiger partial charge is 0.481 e. The molecule has 6 nitrogen and oxygen atoms in total. The third kappa shape index (κ3) is 2.78. The Morgan fingerprint density at radius 1 is 1.26 bits per heavy atom. The minimum Gasteiger partial charge on any atom is -0.481 e. The summed E-state index contributed by atoms with van der Waals surface area (Å²) in [5.74, 6) is 1.18. The van der Waals surface area contributed by atoms with Crippen LogP contribution in [0.1, 0.15) is 17.9 Å². The van der Waals surface area contributed by atoms with E-state index >= 15 is 0 Å². The van der Waals surface area contributed by atoms with Gasteiger partial charge in [0.15, 0.2) is 0 Å². The number of rotatable bonds is 4. The van der Waals surface area contributed by atoms with Crippen LogP contribution < -0.4 is 10.1 Å². The first-order valence-corrected chi connectivity index (χ1v) is 9.59. The quantitative estimate of drug-likeness (QED) is 0.787. The molecular formula is C19H17Cl2N3O3. The topological polar surface area (TPSA) is 73.3 Å². The zero-order valence-corrected chi connectivity index (χ0v) is 15.9. The molecule has 2 saturated heterocycles. The summed E-state index contributed by atoms with van der Waals surface area (Å²) in [4.78, 5) is 21.3. The van der Waals surface area contributed by atoms with Crippen molar-refractivity contribution < 1.29 is 14.3 Å². The van der Waals surface area contributed by atoms with E-state index in [-0.39, 0.29) is 35.1 Å². The summed E-state index contributed by atoms with van der Waals surface area (Å²) in [5.41, 5.74) is 1.54. The van der Waals surface area contributed by atoms with Crippen LogP contribution in [0.4, 0.5) is 5.69 Å². The standard InChI is InChI=1S/C19H17Cl2N3O3/c1-26-13-4-8(2-3-22-13)14-15(17-11-6-10(11)16(14)27-17)19(25)24-9-5-12(20)18(21)23-7-9/h2-5,7,10-11,14-17H,6H2,1H3,(H,24,25). The molecular weight excluding hydrogens is 389 g/mol. The molecule has 2 aromatic rings. The number of ether oxygens (including phenoxy) is 2. The number of methoxy groups -OCH3 is 1. The van der Waals surface area contributed by atoms with E-state index in [1.807, 2.05) is 12.1 Å². The number of aromatic nitrogens is 2. The first-order chi connectivity index (χ1) is 13.1. The number of fused-ring (bicyclic) bond motifs is 5. The lowest BCUT2D eigenvalue weighted by Gasteiger charge is -2.27. The van der Waals surface area contributed by atoms with E-state index < -0.39 is 0 Å². The number of carbonyl (C=O) groups is 1. The van der Waals surface area contributed by atoms with E-state index in [4.69, 9.17) is 32.7 Å². The molecule has 0 radical (unpaired) electrons. The Kier molecular flexibility index (Phi) is 4.04. The van der Waals surface area contributed by atoms with Crippen LogP contribution in [0.3, 0.4) is 0 Å². The summed E-state index contributed by atoms with van der Waals surface area (Å²) in [5, 5.41) is 3.44. The summed E-state index contributed by atoms with van der Waals surface area (Å²) >= 11 is 11.9. The molecule has 0 spiro atoms. The van der Waals surface area contributed by atoms with E-state index in [1.54, 1.807) is 19.4 Å². The minimum atomic E-state index is -0.277. The molecule has 2 aliphatic heterocycles. The van der Waals surface area contributed by atoms with Gasteiger partial charge in [0, 0.05) is 18.2 Å². The second-order valence-corrected chi connectivity index (χ2v) is 8.06. The highest BCUT2D eigenvalue weighted by Gasteiger charge is 2.68. The summed E-state index contributed by atoms with van der Waals surface area (Å²) in [6, 6.07) is 5.44. The van der Waals surface area contributed by atoms with Crippen molar-refractivity contribution in [1.82, 2.24) is 9.97 Å². The molecule has 1 saturated carbocycles. The maximum absolute atomic E-state index is 13.2. The normalized spacial score (nSPS) is 32.9. The van der Waals surface area contributed by atoms with Gasteiger partial charge in [-0.2, -0.15) is 0 Å². The average molecular weight is 406 g/mol. The third-order valence-corrected chi connectivity index (χ3v) is 6.55. The van der Waals surface area contributed by atoms with Gasteiger partial charge in [-0.25, -0.2) is 9.97 Å². The van der Waals surface area contributed by atoms with Crippen LogP contribution >= 0.6 is 23.2 Å². The smallest absolute Gasteiger partial charge is 0.230 e. The lowest BCUT2D eigenvalue weighted by molar-refractivity contribution is -0.122. The number of nitrogens with one attached hydrogen (secondary N) is 1. The number of hydrogen-bond donors (Lipinski definition) is 1. The van der Waals surface area contributed by atoms with E-state index in [1.165, 1.54) is 6.20 Å². The van der Waals surface area contributed by atoms with Crippen molar-refractivity contribution >= 4 is 34.8 Å². The van der Waals surface area contributed by atoms with Crippen molar-refractivity contribution in [3.8, 4) is 5.88 Å². The zero-order chi connectivity index (χ0) is 18.7. The number of pyridine rings is 2. The highest BCUT2D eigenvalue weighted by Crippen LogP contribution is 2.65. The molecule has 5 rings (SSSR count). The molecule has 3 aliphatic rings. The predicted octanol–water partition coefficient (Wildman–Crippen LogP) is 3.55. The SMILES string of the molecule is COc1cc(C2C3OC(C4CC43)C2C(=O)Nc2cnc(Cl)c(Cl)c2)ccn1. The molecule has 6 atom stereocenters. The van der Waals surface area contributed by atoms with Gasteiger partial charge >= 0.3 is 0 Å². The summed E-state index contributed by atoms with van der Waals surface area (Å²) in [7, 11) is 1.59. The van der Waals surface area contributed by atoms with Crippen LogP contribution in [0.5, 0.6) is 5.88 Å². The maximum atomic E-state index is 13.2. The molecule has 3 fully saturated rings. The van der Waals surface area contributed by atoms with Crippen molar-refractivity contribution in [2.45, 2.75) is 24.5 Å². The first-order valence-electron chi connectivity index (χ1n) is 8.84. The van der Waals surface area contributed by atoms with Crippen molar-refractivity contribution in [3.63, 3.8) is 0 Å². The Bertz CT molecular complexity index is 925. The summed E-state index contributed by atoms with van der Waals surface area (Å²) in [6.45, 7) is 0. The molecule has 0 aromatic carbocycles. The predicted molar refractivity (Wildman–Crippen MR) is 100 cm³/mol. The zero-order valence-electron chi connectivity index (χ0n) is 14.4. The lowest BCUT2D eigenvalue weighted by atomic mass is 9.75. The van der Waals surface area contributed by atoms with Gasteiger partial charge in [-0.15, -0.1) is 0 Å². The van der Waals surface area contributed by atoms with E-state index in [9.17, 15) is 4.79 Å². The molecule has 2 bridgehead atoms. The van der Waals surface area contributed by atoms with Gasteiger partial charge in [0.25, 0.3) is 0 Å². The molecule has 27 heavy (non-hydrogen) atoms. The molecule has 140 valence electrons. The van der Waals surface area contributed by atoms with Gasteiger partial charge in [-0.1, -0.05) is 23.2 Å². The second kappa shape index (κ2) is 6.33. The monoisotopic (exact) mass is 405 g/mol.